The monoisotopic (exact) mass is 461 g/mol. The first-order chi connectivity index (χ1) is 14.6. The van der Waals surface area contributed by atoms with Crippen molar-refractivity contribution in [2.45, 2.75) is 25.8 Å². The van der Waals surface area contributed by atoms with E-state index in [9.17, 15) is 0 Å². The van der Waals surface area contributed by atoms with Crippen LogP contribution in [0.15, 0.2) is 88.0 Å². The fourth-order valence-corrected chi connectivity index (χ4v) is 3.61. The minimum atomic E-state index is -0.0836. The number of nitrogens with zero attached hydrogens (tertiary/aromatic N) is 3. The molecule has 1 aliphatic carbocycles. The van der Waals surface area contributed by atoms with Gasteiger partial charge >= 0.3 is 0 Å². The minimum absolute atomic E-state index is 0.0836. The van der Waals surface area contributed by atoms with Gasteiger partial charge in [0.25, 0.3) is 0 Å². The number of nitrogens with two attached hydrogens (primary N) is 1. The van der Waals surface area contributed by atoms with Crippen molar-refractivity contribution in [3.8, 4) is 0 Å². The molecule has 0 amide bonds. The zero-order valence-corrected chi connectivity index (χ0v) is 18.4. The number of amidine groups is 1. The number of allylic oxidation sites excluding steroid dienone is 1. The maximum Gasteiger partial charge on any atom is 0.225 e. The van der Waals surface area contributed by atoms with Gasteiger partial charge in [-0.15, -0.1) is 0 Å². The molecular formula is C24H24BrN5. The number of nitrogens with one attached hydrogen (secondary N) is 1. The number of aromatic nitrogens is 2. The maximum atomic E-state index is 6.15. The van der Waals surface area contributed by atoms with Crippen molar-refractivity contribution < 1.29 is 0 Å². The van der Waals surface area contributed by atoms with Crippen LogP contribution in [0.5, 0.6) is 0 Å². The van der Waals surface area contributed by atoms with E-state index >= 15 is 0 Å². The van der Waals surface area contributed by atoms with Gasteiger partial charge in [0.05, 0.1) is 10.5 Å². The van der Waals surface area contributed by atoms with Crippen LogP contribution < -0.4 is 11.1 Å². The Morgan fingerprint density at radius 3 is 2.27 bits per heavy atom. The van der Waals surface area contributed by atoms with E-state index in [0.717, 1.165) is 11.1 Å². The van der Waals surface area contributed by atoms with Crippen molar-refractivity contribution in [1.29, 1.82) is 0 Å². The van der Waals surface area contributed by atoms with Gasteiger partial charge in [-0.2, -0.15) is 4.98 Å². The van der Waals surface area contributed by atoms with Gasteiger partial charge in [0, 0.05) is 6.20 Å². The van der Waals surface area contributed by atoms with Crippen LogP contribution in [-0.4, -0.2) is 15.8 Å². The number of rotatable bonds is 7. The van der Waals surface area contributed by atoms with Crippen LogP contribution in [0.25, 0.3) is 0 Å². The third-order valence-electron chi connectivity index (χ3n) is 5.10. The van der Waals surface area contributed by atoms with Gasteiger partial charge in [0.1, 0.15) is 5.84 Å². The summed E-state index contributed by atoms with van der Waals surface area (Å²) in [4.78, 5) is 13.5. The van der Waals surface area contributed by atoms with Gasteiger partial charge in [-0.1, -0.05) is 66.2 Å². The normalized spacial score (nSPS) is 14.8. The summed E-state index contributed by atoms with van der Waals surface area (Å²) in [6.45, 7) is 2.10. The molecule has 30 heavy (non-hydrogen) atoms. The van der Waals surface area contributed by atoms with Gasteiger partial charge in [-0.25, -0.2) is 9.98 Å². The highest BCUT2D eigenvalue weighted by atomic mass is 79.9. The number of hydrogen-bond acceptors (Lipinski definition) is 4. The van der Waals surface area contributed by atoms with Crippen LogP contribution in [0.2, 0.25) is 0 Å². The minimum Gasteiger partial charge on any atom is -0.384 e. The Balaban J connectivity index is 1.63. The quantitative estimate of drug-likeness (QED) is 0.345. The molecule has 6 heteroatoms. The molecule has 0 aliphatic heterocycles. The molecule has 0 radical (unpaired) electrons. The molecule has 0 atom stereocenters. The lowest BCUT2D eigenvalue weighted by atomic mass is 9.99. The highest BCUT2D eigenvalue weighted by Gasteiger charge is 2.23. The summed E-state index contributed by atoms with van der Waals surface area (Å²) >= 11 is 3.49. The molecule has 4 rings (SSSR count). The van der Waals surface area contributed by atoms with E-state index in [2.05, 4.69) is 67.4 Å². The number of hydrogen-bond donors (Lipinski definition) is 2. The Bertz CT molecular complexity index is 1020. The SMILES string of the molecule is C/C(=C\C(N)=Nc1nc(NC(c2ccccc2)c2ccccc2)ncc1Br)C1CC1. The Labute approximate surface area is 185 Å². The predicted molar refractivity (Wildman–Crippen MR) is 126 cm³/mol. The van der Waals surface area contributed by atoms with Gasteiger partial charge in [-0.05, 0) is 58.8 Å². The van der Waals surface area contributed by atoms with E-state index in [1.54, 1.807) is 6.20 Å². The standard InChI is InChI=1S/C24H24BrN5/c1-16(17-12-13-17)14-21(26)28-23-20(25)15-27-24(30-23)29-22(18-8-4-2-5-9-18)19-10-6-3-7-11-19/h2-11,14-15,17,22H,12-13H2,1H3,(H3,26,27,28,29,30)/b16-14+. The Morgan fingerprint density at radius 2 is 1.70 bits per heavy atom. The third kappa shape index (κ3) is 5.13. The molecule has 1 aliphatic rings. The summed E-state index contributed by atoms with van der Waals surface area (Å²) in [6.07, 6.45) is 6.12. The van der Waals surface area contributed by atoms with E-state index < -0.39 is 0 Å². The van der Waals surface area contributed by atoms with Gasteiger partial charge in [0.15, 0.2) is 5.82 Å². The molecule has 1 saturated carbocycles. The first-order valence-electron chi connectivity index (χ1n) is 10.0. The fraction of sp³-hybridized carbons (Fsp3) is 0.208. The highest BCUT2D eigenvalue weighted by molar-refractivity contribution is 9.10. The lowest BCUT2D eigenvalue weighted by Gasteiger charge is -2.20. The Kier molecular flexibility index (Phi) is 6.23. The zero-order chi connectivity index (χ0) is 20.9. The molecule has 0 unspecified atom stereocenters. The predicted octanol–water partition coefficient (Wildman–Crippen LogP) is 5.79. The summed E-state index contributed by atoms with van der Waals surface area (Å²) in [6, 6.07) is 20.4. The van der Waals surface area contributed by atoms with Crippen molar-refractivity contribution in [2.75, 3.05) is 5.32 Å². The van der Waals surface area contributed by atoms with Gasteiger partial charge < -0.3 is 11.1 Å². The summed E-state index contributed by atoms with van der Waals surface area (Å²) in [5.41, 5.74) is 9.67. The fourth-order valence-electron chi connectivity index (χ4n) is 3.33. The first kappa shape index (κ1) is 20.3. The molecule has 0 saturated heterocycles. The van der Waals surface area contributed by atoms with Crippen molar-refractivity contribution in [2.24, 2.45) is 16.6 Å². The van der Waals surface area contributed by atoms with Crippen molar-refractivity contribution in [1.82, 2.24) is 9.97 Å². The number of benzene rings is 2. The molecule has 152 valence electrons. The second-order valence-electron chi connectivity index (χ2n) is 7.46. The van der Waals surface area contributed by atoms with E-state index in [0.29, 0.717) is 28.0 Å². The maximum absolute atomic E-state index is 6.15. The van der Waals surface area contributed by atoms with Gasteiger partial charge in [-0.3, -0.25) is 0 Å². The number of halogens is 1. The van der Waals surface area contributed by atoms with Crippen LogP contribution in [0.4, 0.5) is 11.8 Å². The largest absolute Gasteiger partial charge is 0.384 e. The molecular weight excluding hydrogens is 438 g/mol. The van der Waals surface area contributed by atoms with E-state index in [1.165, 1.54) is 18.4 Å². The van der Waals surface area contributed by atoms with Crippen molar-refractivity contribution in [3.05, 3.63) is 94.1 Å². The van der Waals surface area contributed by atoms with Crippen molar-refractivity contribution >= 4 is 33.5 Å². The molecule has 2 aromatic carbocycles. The number of anilines is 1. The molecule has 5 nitrogen and oxygen atoms in total. The Hall–Kier alpha value is -2.99. The third-order valence-corrected chi connectivity index (χ3v) is 5.66. The lowest BCUT2D eigenvalue weighted by Crippen LogP contribution is -2.14. The van der Waals surface area contributed by atoms with Crippen LogP contribution in [0.1, 0.15) is 36.9 Å². The van der Waals surface area contributed by atoms with E-state index in [4.69, 9.17) is 5.73 Å². The molecule has 1 heterocycles. The van der Waals surface area contributed by atoms with Crippen LogP contribution >= 0.6 is 15.9 Å². The second kappa shape index (κ2) is 9.22. The van der Waals surface area contributed by atoms with Crippen LogP contribution in [0.3, 0.4) is 0 Å². The summed E-state index contributed by atoms with van der Waals surface area (Å²) in [5, 5.41) is 3.45. The van der Waals surface area contributed by atoms with Crippen molar-refractivity contribution in [3.63, 3.8) is 0 Å². The number of aliphatic imine (C=N–C) groups is 1. The molecule has 0 spiro atoms. The molecule has 3 aromatic rings. The first-order valence-corrected chi connectivity index (χ1v) is 10.8. The topological polar surface area (TPSA) is 76.2 Å². The Morgan fingerprint density at radius 1 is 1.10 bits per heavy atom. The second-order valence-corrected chi connectivity index (χ2v) is 8.32. The molecule has 1 fully saturated rings. The molecule has 0 bridgehead atoms. The lowest BCUT2D eigenvalue weighted by molar-refractivity contribution is 0.906. The smallest absolute Gasteiger partial charge is 0.225 e. The average molecular weight is 462 g/mol. The average Bonchev–Trinajstić information content (AvgIpc) is 3.61. The van der Waals surface area contributed by atoms with E-state index in [1.807, 2.05) is 42.5 Å². The van der Waals surface area contributed by atoms with Crippen LogP contribution in [-0.2, 0) is 0 Å². The zero-order valence-electron chi connectivity index (χ0n) is 16.8. The molecule has 1 aromatic heterocycles. The summed E-state index contributed by atoms with van der Waals surface area (Å²) in [7, 11) is 0. The van der Waals surface area contributed by atoms with Gasteiger partial charge in [0.2, 0.25) is 5.95 Å². The highest BCUT2D eigenvalue weighted by Crippen LogP contribution is 2.36. The van der Waals surface area contributed by atoms with E-state index in [-0.39, 0.29) is 6.04 Å². The summed E-state index contributed by atoms with van der Waals surface area (Å²) < 4.78 is 0.699. The summed E-state index contributed by atoms with van der Waals surface area (Å²) in [5.74, 6) is 2.10. The molecule has 3 N–H and O–H groups in total. The van der Waals surface area contributed by atoms with Crippen LogP contribution in [0, 0.1) is 5.92 Å².